The Balaban J connectivity index is 2.32. The van der Waals surface area contributed by atoms with Crippen molar-refractivity contribution >= 4 is 0 Å². The number of quaternary nitrogens is 1. The first-order chi connectivity index (χ1) is 5.42. The third kappa shape index (κ3) is 1.07. The predicted octanol–water partition coefficient (Wildman–Crippen LogP) is 0.516. The summed E-state index contributed by atoms with van der Waals surface area (Å²) in [6.45, 7) is 4.67. The molecule has 0 aromatic carbocycles. The van der Waals surface area contributed by atoms with Crippen LogP contribution >= 0.6 is 0 Å². The van der Waals surface area contributed by atoms with Crippen molar-refractivity contribution in [2.24, 2.45) is 0 Å². The highest BCUT2D eigenvalue weighted by atomic mass is 15.1. The Kier molecular flexibility index (Phi) is 1.70. The van der Waals surface area contributed by atoms with Crippen LogP contribution in [0, 0.1) is 0 Å². The highest BCUT2D eigenvalue weighted by Crippen LogP contribution is 2.14. The van der Waals surface area contributed by atoms with E-state index in [1.54, 1.807) is 0 Å². The van der Waals surface area contributed by atoms with Crippen molar-refractivity contribution in [1.82, 2.24) is 4.57 Å². The molecule has 0 fully saturated rings. The SMILES string of the molecule is CC[C@@H]1[NH2+]CCn2cccc21. The molecule has 11 heavy (non-hydrogen) atoms. The summed E-state index contributed by atoms with van der Waals surface area (Å²) in [4.78, 5) is 0. The third-order valence-electron chi connectivity index (χ3n) is 2.51. The maximum Gasteiger partial charge on any atom is 0.126 e. The van der Waals surface area contributed by atoms with E-state index in [4.69, 9.17) is 0 Å². The summed E-state index contributed by atoms with van der Waals surface area (Å²) in [7, 11) is 0. The molecule has 0 aliphatic carbocycles. The zero-order valence-corrected chi connectivity index (χ0v) is 6.96. The standard InChI is InChI=1S/C9H14N2/c1-2-8-9-4-3-6-11(9)7-5-10-8/h3-4,6,8,10H,2,5,7H2,1H3/p+1/t8-/m0/s1. The lowest BCUT2D eigenvalue weighted by atomic mass is 10.1. The monoisotopic (exact) mass is 151 g/mol. The lowest BCUT2D eigenvalue weighted by Gasteiger charge is -2.21. The summed E-state index contributed by atoms with van der Waals surface area (Å²) in [5, 5.41) is 2.44. The number of hydrogen-bond donors (Lipinski definition) is 1. The summed E-state index contributed by atoms with van der Waals surface area (Å²) >= 11 is 0. The van der Waals surface area contributed by atoms with E-state index in [9.17, 15) is 0 Å². The summed E-state index contributed by atoms with van der Waals surface area (Å²) in [6.07, 6.45) is 3.43. The van der Waals surface area contributed by atoms with Crippen molar-refractivity contribution in [2.45, 2.75) is 25.9 Å². The lowest BCUT2D eigenvalue weighted by Crippen LogP contribution is -2.87. The Morgan fingerprint density at radius 3 is 3.45 bits per heavy atom. The van der Waals surface area contributed by atoms with Gasteiger partial charge in [-0.05, 0) is 12.1 Å². The normalized spacial score (nSPS) is 23.2. The van der Waals surface area contributed by atoms with Crippen molar-refractivity contribution in [3.05, 3.63) is 24.0 Å². The van der Waals surface area contributed by atoms with Crippen LogP contribution in [0.1, 0.15) is 25.1 Å². The van der Waals surface area contributed by atoms with Crippen molar-refractivity contribution in [3.8, 4) is 0 Å². The highest BCUT2D eigenvalue weighted by molar-refractivity contribution is 5.10. The molecule has 2 heterocycles. The van der Waals surface area contributed by atoms with E-state index in [-0.39, 0.29) is 0 Å². The molecular formula is C9H15N2+. The molecule has 0 radical (unpaired) electrons. The fraction of sp³-hybridized carbons (Fsp3) is 0.556. The third-order valence-corrected chi connectivity index (χ3v) is 2.51. The van der Waals surface area contributed by atoms with Gasteiger partial charge in [-0.25, -0.2) is 0 Å². The van der Waals surface area contributed by atoms with E-state index in [2.05, 4.69) is 35.1 Å². The minimum Gasteiger partial charge on any atom is -0.341 e. The molecule has 2 N–H and O–H groups in total. The Bertz CT molecular complexity index is 239. The van der Waals surface area contributed by atoms with Gasteiger partial charge in [0.1, 0.15) is 6.04 Å². The number of aromatic nitrogens is 1. The van der Waals surface area contributed by atoms with E-state index < -0.39 is 0 Å². The van der Waals surface area contributed by atoms with Crippen molar-refractivity contribution in [1.29, 1.82) is 0 Å². The van der Waals surface area contributed by atoms with Gasteiger partial charge in [0.2, 0.25) is 0 Å². The molecule has 2 rings (SSSR count). The minimum absolute atomic E-state index is 0.707. The zero-order chi connectivity index (χ0) is 7.68. The smallest absolute Gasteiger partial charge is 0.126 e. The molecule has 0 unspecified atom stereocenters. The number of rotatable bonds is 1. The molecule has 0 amide bonds. The highest BCUT2D eigenvalue weighted by Gasteiger charge is 2.19. The van der Waals surface area contributed by atoms with Gasteiger partial charge < -0.3 is 9.88 Å². The first-order valence-corrected chi connectivity index (χ1v) is 4.40. The molecule has 0 spiro atoms. The number of hydrogen-bond acceptors (Lipinski definition) is 0. The second kappa shape index (κ2) is 2.70. The molecule has 1 aliphatic rings. The fourth-order valence-corrected chi connectivity index (χ4v) is 1.88. The molecule has 0 saturated heterocycles. The zero-order valence-electron chi connectivity index (χ0n) is 6.96. The lowest BCUT2D eigenvalue weighted by molar-refractivity contribution is -0.703. The van der Waals surface area contributed by atoms with Gasteiger partial charge in [-0.3, -0.25) is 0 Å². The predicted molar refractivity (Wildman–Crippen MR) is 44.3 cm³/mol. The Morgan fingerprint density at radius 1 is 1.73 bits per heavy atom. The van der Waals surface area contributed by atoms with Crippen LogP contribution in [0.3, 0.4) is 0 Å². The second-order valence-corrected chi connectivity index (χ2v) is 3.17. The summed E-state index contributed by atoms with van der Waals surface area (Å²) in [5.41, 5.74) is 1.50. The van der Waals surface area contributed by atoms with Gasteiger partial charge in [0.15, 0.2) is 0 Å². The summed E-state index contributed by atoms with van der Waals surface area (Å²) in [5.74, 6) is 0. The fourth-order valence-electron chi connectivity index (χ4n) is 1.88. The van der Waals surface area contributed by atoms with Gasteiger partial charge in [-0.1, -0.05) is 6.92 Å². The molecule has 1 aliphatic heterocycles. The maximum absolute atomic E-state index is 2.44. The van der Waals surface area contributed by atoms with Crippen LogP contribution < -0.4 is 5.32 Å². The van der Waals surface area contributed by atoms with Crippen LogP contribution in [-0.2, 0) is 6.54 Å². The maximum atomic E-state index is 2.44. The number of fused-ring (bicyclic) bond motifs is 1. The van der Waals surface area contributed by atoms with Crippen LogP contribution in [0.4, 0.5) is 0 Å². The van der Waals surface area contributed by atoms with Gasteiger partial charge in [0.05, 0.1) is 18.8 Å². The Hall–Kier alpha value is -0.760. The van der Waals surface area contributed by atoms with Crippen LogP contribution in [0.5, 0.6) is 0 Å². The molecule has 2 heteroatoms. The van der Waals surface area contributed by atoms with Gasteiger partial charge >= 0.3 is 0 Å². The molecule has 1 aromatic heterocycles. The number of nitrogens with zero attached hydrogens (tertiary/aromatic N) is 1. The van der Waals surface area contributed by atoms with Gasteiger partial charge in [0.25, 0.3) is 0 Å². The Labute approximate surface area is 67.2 Å². The summed E-state index contributed by atoms with van der Waals surface area (Å²) < 4.78 is 2.37. The number of nitrogens with two attached hydrogens (primary N) is 1. The second-order valence-electron chi connectivity index (χ2n) is 3.17. The molecular weight excluding hydrogens is 136 g/mol. The van der Waals surface area contributed by atoms with Crippen LogP contribution in [0.15, 0.2) is 18.3 Å². The average Bonchev–Trinajstić information content (AvgIpc) is 2.50. The van der Waals surface area contributed by atoms with Crippen molar-refractivity contribution < 1.29 is 5.32 Å². The van der Waals surface area contributed by atoms with Crippen molar-refractivity contribution in [3.63, 3.8) is 0 Å². The minimum atomic E-state index is 0.707. The van der Waals surface area contributed by atoms with E-state index in [0.717, 1.165) is 0 Å². The molecule has 0 saturated carbocycles. The topological polar surface area (TPSA) is 21.5 Å². The average molecular weight is 151 g/mol. The first kappa shape index (κ1) is 6.92. The molecule has 1 aromatic rings. The largest absolute Gasteiger partial charge is 0.341 e. The quantitative estimate of drug-likeness (QED) is 0.604. The molecule has 60 valence electrons. The van der Waals surface area contributed by atoms with Crippen LogP contribution in [0.2, 0.25) is 0 Å². The molecule has 1 atom stereocenters. The molecule has 0 bridgehead atoms. The van der Waals surface area contributed by atoms with Crippen molar-refractivity contribution in [2.75, 3.05) is 6.54 Å². The van der Waals surface area contributed by atoms with E-state index in [1.807, 2.05) is 0 Å². The first-order valence-electron chi connectivity index (χ1n) is 4.40. The van der Waals surface area contributed by atoms with Gasteiger partial charge in [0, 0.05) is 12.6 Å². The Morgan fingerprint density at radius 2 is 2.64 bits per heavy atom. The van der Waals surface area contributed by atoms with E-state index in [0.29, 0.717) is 6.04 Å². The van der Waals surface area contributed by atoms with E-state index in [1.165, 1.54) is 25.2 Å². The van der Waals surface area contributed by atoms with Gasteiger partial charge in [-0.15, -0.1) is 0 Å². The van der Waals surface area contributed by atoms with E-state index >= 15 is 0 Å². The van der Waals surface area contributed by atoms with Crippen LogP contribution in [0.25, 0.3) is 0 Å². The van der Waals surface area contributed by atoms with Crippen LogP contribution in [-0.4, -0.2) is 11.1 Å². The van der Waals surface area contributed by atoms with Gasteiger partial charge in [-0.2, -0.15) is 0 Å². The summed E-state index contributed by atoms with van der Waals surface area (Å²) in [6, 6.07) is 5.10. The molecule has 2 nitrogen and oxygen atoms in total.